The highest BCUT2D eigenvalue weighted by Gasteiger charge is 2.28. The van der Waals surface area contributed by atoms with Gasteiger partial charge in [-0.15, -0.1) is 0 Å². The Hall–Kier alpha value is -0.910. The van der Waals surface area contributed by atoms with Crippen molar-refractivity contribution in [1.82, 2.24) is 14.5 Å². The van der Waals surface area contributed by atoms with Gasteiger partial charge in [0.05, 0.1) is 24.7 Å². The molecule has 2 N–H and O–H groups in total. The zero-order valence-corrected chi connectivity index (χ0v) is 13.0. The van der Waals surface area contributed by atoms with Gasteiger partial charge in [-0.1, -0.05) is 0 Å². The predicted octanol–water partition coefficient (Wildman–Crippen LogP) is 1.82. The highest BCUT2D eigenvalue weighted by Crippen LogP contribution is 2.27. The first-order valence-electron chi connectivity index (χ1n) is 7.62. The van der Waals surface area contributed by atoms with E-state index >= 15 is 0 Å². The second-order valence-electron chi connectivity index (χ2n) is 6.03. The third-order valence-corrected chi connectivity index (χ3v) is 4.21. The minimum Gasteiger partial charge on any atom is -0.384 e. The molecule has 0 amide bonds. The number of ether oxygens (including phenoxy) is 1. The molecule has 1 aliphatic rings. The minimum atomic E-state index is 0.263. The Morgan fingerprint density at radius 1 is 1.50 bits per heavy atom. The van der Waals surface area contributed by atoms with E-state index in [0.717, 1.165) is 19.7 Å². The average molecular weight is 280 g/mol. The maximum atomic E-state index is 6.07. The molecule has 2 heterocycles. The number of imidazole rings is 1. The van der Waals surface area contributed by atoms with Gasteiger partial charge in [-0.25, -0.2) is 4.98 Å². The molecular formula is C15H28N4O. The van der Waals surface area contributed by atoms with Crippen molar-refractivity contribution in [3.05, 3.63) is 18.2 Å². The van der Waals surface area contributed by atoms with Gasteiger partial charge in [0.25, 0.3) is 0 Å². The summed E-state index contributed by atoms with van der Waals surface area (Å²) in [5.41, 5.74) is 7.31. The molecule has 5 heteroatoms. The van der Waals surface area contributed by atoms with Crippen LogP contribution in [0.3, 0.4) is 0 Å². The lowest BCUT2D eigenvalue weighted by atomic mass is 9.96. The molecule has 2 unspecified atom stereocenters. The minimum absolute atomic E-state index is 0.263. The normalized spacial score (nSPS) is 22.4. The molecule has 20 heavy (non-hydrogen) atoms. The Kier molecular flexibility index (Phi) is 5.57. The lowest BCUT2D eigenvalue weighted by Gasteiger charge is -2.38. The zero-order chi connectivity index (χ0) is 14.5. The third kappa shape index (κ3) is 3.40. The first-order chi connectivity index (χ1) is 9.67. The lowest BCUT2D eigenvalue weighted by Crippen LogP contribution is -2.42. The van der Waals surface area contributed by atoms with Crippen molar-refractivity contribution in [2.75, 3.05) is 33.4 Å². The largest absolute Gasteiger partial charge is 0.384 e. The van der Waals surface area contributed by atoms with Gasteiger partial charge in [0.2, 0.25) is 0 Å². The number of piperidine rings is 1. The van der Waals surface area contributed by atoms with Gasteiger partial charge >= 0.3 is 0 Å². The van der Waals surface area contributed by atoms with Gasteiger partial charge in [0.15, 0.2) is 0 Å². The highest BCUT2D eigenvalue weighted by atomic mass is 16.5. The topological polar surface area (TPSA) is 56.3 Å². The summed E-state index contributed by atoms with van der Waals surface area (Å²) in [6.45, 7) is 8.03. The summed E-state index contributed by atoms with van der Waals surface area (Å²) in [5.74, 6) is 0.623. The van der Waals surface area contributed by atoms with Gasteiger partial charge in [-0.05, 0) is 39.2 Å². The van der Waals surface area contributed by atoms with E-state index < -0.39 is 0 Å². The molecule has 2 atom stereocenters. The maximum absolute atomic E-state index is 6.07. The summed E-state index contributed by atoms with van der Waals surface area (Å²) < 4.78 is 7.55. The van der Waals surface area contributed by atoms with Crippen LogP contribution in [0.2, 0.25) is 0 Å². The number of methoxy groups -OCH3 is 1. The van der Waals surface area contributed by atoms with Crippen molar-refractivity contribution < 1.29 is 4.74 Å². The molecule has 1 saturated heterocycles. The smallest absolute Gasteiger partial charge is 0.0951 e. The Balaban J connectivity index is 2.12. The fraction of sp³-hybridized carbons (Fsp3) is 0.800. The molecule has 0 spiro atoms. The van der Waals surface area contributed by atoms with Crippen LogP contribution in [-0.2, 0) is 4.74 Å². The van der Waals surface area contributed by atoms with Crippen molar-refractivity contribution in [1.29, 1.82) is 0 Å². The van der Waals surface area contributed by atoms with Crippen molar-refractivity contribution in [3.8, 4) is 0 Å². The maximum Gasteiger partial charge on any atom is 0.0951 e. The van der Waals surface area contributed by atoms with Crippen molar-refractivity contribution in [2.45, 2.75) is 38.8 Å². The molecule has 1 fully saturated rings. The van der Waals surface area contributed by atoms with Crippen LogP contribution < -0.4 is 5.73 Å². The van der Waals surface area contributed by atoms with E-state index in [0.29, 0.717) is 18.5 Å². The Labute approximate surface area is 122 Å². The van der Waals surface area contributed by atoms with E-state index in [-0.39, 0.29) is 6.04 Å². The van der Waals surface area contributed by atoms with E-state index in [9.17, 15) is 0 Å². The summed E-state index contributed by atoms with van der Waals surface area (Å²) in [7, 11) is 1.78. The number of hydrogen-bond acceptors (Lipinski definition) is 4. The Morgan fingerprint density at radius 2 is 2.30 bits per heavy atom. The fourth-order valence-corrected chi connectivity index (χ4v) is 3.21. The monoisotopic (exact) mass is 280 g/mol. The lowest BCUT2D eigenvalue weighted by molar-refractivity contribution is 0.0675. The second kappa shape index (κ2) is 7.20. The molecule has 114 valence electrons. The van der Waals surface area contributed by atoms with Crippen LogP contribution in [0.1, 0.15) is 44.5 Å². The molecule has 0 aromatic carbocycles. The van der Waals surface area contributed by atoms with Crippen LogP contribution in [0.15, 0.2) is 12.5 Å². The van der Waals surface area contributed by atoms with Crippen LogP contribution >= 0.6 is 0 Å². The van der Waals surface area contributed by atoms with E-state index in [1.165, 1.54) is 18.5 Å². The van der Waals surface area contributed by atoms with Gasteiger partial charge in [0.1, 0.15) is 0 Å². The van der Waals surface area contributed by atoms with Crippen LogP contribution in [0.5, 0.6) is 0 Å². The van der Waals surface area contributed by atoms with Crippen molar-refractivity contribution in [3.63, 3.8) is 0 Å². The van der Waals surface area contributed by atoms with Gasteiger partial charge in [0, 0.05) is 32.4 Å². The predicted molar refractivity (Wildman–Crippen MR) is 80.6 cm³/mol. The second-order valence-corrected chi connectivity index (χ2v) is 6.03. The molecule has 5 nitrogen and oxygen atoms in total. The molecule has 0 aliphatic carbocycles. The number of likely N-dealkylation sites (tertiary alicyclic amines) is 1. The zero-order valence-electron chi connectivity index (χ0n) is 13.0. The van der Waals surface area contributed by atoms with Crippen LogP contribution in [0.4, 0.5) is 0 Å². The van der Waals surface area contributed by atoms with Gasteiger partial charge in [-0.2, -0.15) is 0 Å². The van der Waals surface area contributed by atoms with Gasteiger partial charge in [-0.3, -0.25) is 4.90 Å². The summed E-state index contributed by atoms with van der Waals surface area (Å²) in [4.78, 5) is 6.82. The quantitative estimate of drug-likeness (QED) is 0.863. The number of hydrogen-bond donors (Lipinski definition) is 1. The Bertz CT molecular complexity index is 402. The van der Waals surface area contributed by atoms with Crippen LogP contribution in [-0.4, -0.2) is 47.8 Å². The molecule has 2 rings (SSSR count). The van der Waals surface area contributed by atoms with Gasteiger partial charge < -0.3 is 15.0 Å². The van der Waals surface area contributed by atoms with Crippen molar-refractivity contribution >= 4 is 0 Å². The number of nitrogens with two attached hydrogens (primary N) is 1. The molecule has 0 saturated carbocycles. The van der Waals surface area contributed by atoms with E-state index in [1.807, 2.05) is 12.5 Å². The number of nitrogens with zero attached hydrogens (tertiary/aromatic N) is 3. The molecule has 0 bridgehead atoms. The SMILES string of the molecule is COCC1CCCN(C(CN)c2cncn2C(C)C)C1. The fourth-order valence-electron chi connectivity index (χ4n) is 3.21. The van der Waals surface area contributed by atoms with Crippen molar-refractivity contribution in [2.24, 2.45) is 11.7 Å². The molecule has 0 radical (unpaired) electrons. The summed E-state index contributed by atoms with van der Waals surface area (Å²) in [5, 5.41) is 0. The number of aromatic nitrogens is 2. The third-order valence-electron chi connectivity index (χ3n) is 4.21. The van der Waals surface area contributed by atoms with E-state index in [2.05, 4.69) is 28.3 Å². The first kappa shape index (κ1) is 15.5. The first-order valence-corrected chi connectivity index (χ1v) is 7.62. The molecule has 1 aromatic rings. The summed E-state index contributed by atoms with van der Waals surface area (Å²) in [6, 6.07) is 0.681. The number of rotatable bonds is 6. The standard InChI is InChI=1S/C15H28N4O/c1-12(2)19-11-17-8-15(19)14(7-16)18-6-4-5-13(9-18)10-20-3/h8,11-14H,4-7,9-10,16H2,1-3H3. The van der Waals surface area contributed by atoms with Crippen LogP contribution in [0, 0.1) is 5.92 Å². The summed E-state index contributed by atoms with van der Waals surface area (Å²) >= 11 is 0. The molecule has 1 aliphatic heterocycles. The van der Waals surface area contributed by atoms with E-state index in [4.69, 9.17) is 10.5 Å². The molecular weight excluding hydrogens is 252 g/mol. The average Bonchev–Trinajstić information content (AvgIpc) is 2.90. The Morgan fingerprint density at radius 3 is 2.95 bits per heavy atom. The molecule has 1 aromatic heterocycles. The summed E-state index contributed by atoms with van der Waals surface area (Å²) in [6.07, 6.45) is 6.36. The van der Waals surface area contributed by atoms with Crippen LogP contribution in [0.25, 0.3) is 0 Å². The van der Waals surface area contributed by atoms with E-state index in [1.54, 1.807) is 7.11 Å². The highest BCUT2D eigenvalue weighted by molar-refractivity contribution is 5.08.